The van der Waals surface area contributed by atoms with Crippen molar-refractivity contribution in [3.05, 3.63) is 27.1 Å². The van der Waals surface area contributed by atoms with E-state index in [1.807, 2.05) is 0 Å². The monoisotopic (exact) mass is 331 g/mol. The lowest BCUT2D eigenvalue weighted by Gasteiger charge is -2.08. The van der Waals surface area contributed by atoms with Crippen molar-refractivity contribution in [1.82, 2.24) is 4.98 Å². The van der Waals surface area contributed by atoms with E-state index in [2.05, 4.69) is 9.72 Å². The van der Waals surface area contributed by atoms with Gasteiger partial charge in [-0.25, -0.2) is 9.78 Å². The van der Waals surface area contributed by atoms with E-state index in [4.69, 9.17) is 0 Å². The minimum atomic E-state index is -4.49. The zero-order chi connectivity index (χ0) is 11.6. The number of methoxy groups -OCH3 is 1. The van der Waals surface area contributed by atoms with Gasteiger partial charge in [0.25, 0.3) is 0 Å². The van der Waals surface area contributed by atoms with Crippen LogP contribution in [0, 0.1) is 3.70 Å². The molecule has 0 saturated carbocycles. The second-order valence-electron chi connectivity index (χ2n) is 2.55. The molecule has 0 radical (unpaired) electrons. The van der Waals surface area contributed by atoms with E-state index in [1.165, 1.54) is 0 Å². The van der Waals surface area contributed by atoms with Crippen molar-refractivity contribution in [3.8, 4) is 0 Å². The van der Waals surface area contributed by atoms with E-state index in [9.17, 15) is 18.0 Å². The third-order valence-electron chi connectivity index (χ3n) is 1.52. The fourth-order valence-electron chi connectivity index (χ4n) is 0.870. The molecule has 1 rings (SSSR count). The van der Waals surface area contributed by atoms with E-state index in [-0.39, 0.29) is 9.39 Å². The van der Waals surface area contributed by atoms with Crippen molar-refractivity contribution in [2.45, 2.75) is 6.18 Å². The lowest BCUT2D eigenvalue weighted by atomic mass is 10.2. The Bertz CT molecular complexity index is 392. The van der Waals surface area contributed by atoms with Gasteiger partial charge in [0.1, 0.15) is 9.39 Å². The number of hydrogen-bond donors (Lipinski definition) is 0. The first-order chi connectivity index (χ1) is 6.84. The zero-order valence-corrected chi connectivity index (χ0v) is 9.59. The maximum atomic E-state index is 12.3. The third kappa shape index (κ3) is 3.05. The molecule has 0 aliphatic heterocycles. The summed E-state index contributed by atoms with van der Waals surface area (Å²) in [6.45, 7) is 0. The van der Waals surface area contributed by atoms with Crippen molar-refractivity contribution in [3.63, 3.8) is 0 Å². The van der Waals surface area contributed by atoms with Crippen molar-refractivity contribution >= 4 is 28.6 Å². The molecule has 0 aliphatic carbocycles. The predicted molar refractivity (Wildman–Crippen MR) is 53.3 cm³/mol. The SMILES string of the molecule is COC(=O)c1cc(C(F)(F)F)cc(I)n1. The normalized spacial score (nSPS) is 11.3. The van der Waals surface area contributed by atoms with Gasteiger partial charge in [-0.15, -0.1) is 0 Å². The first kappa shape index (κ1) is 12.2. The number of esters is 1. The Morgan fingerprint density at radius 3 is 2.53 bits per heavy atom. The van der Waals surface area contributed by atoms with Gasteiger partial charge in [-0.1, -0.05) is 0 Å². The number of carbonyl (C=O) groups is 1. The van der Waals surface area contributed by atoms with Gasteiger partial charge < -0.3 is 4.74 Å². The molecule has 0 N–H and O–H groups in total. The van der Waals surface area contributed by atoms with Gasteiger partial charge in [-0.3, -0.25) is 0 Å². The number of pyridine rings is 1. The van der Waals surface area contributed by atoms with Gasteiger partial charge in [-0.05, 0) is 34.7 Å². The summed E-state index contributed by atoms with van der Waals surface area (Å²) in [5, 5.41) is 0. The Kier molecular flexibility index (Phi) is 3.53. The van der Waals surface area contributed by atoms with Crippen LogP contribution in [0.15, 0.2) is 12.1 Å². The fourth-order valence-corrected chi connectivity index (χ4v) is 1.47. The lowest BCUT2D eigenvalue weighted by Crippen LogP contribution is -2.11. The van der Waals surface area contributed by atoms with Crippen molar-refractivity contribution < 1.29 is 22.7 Å². The van der Waals surface area contributed by atoms with Crippen LogP contribution >= 0.6 is 22.6 Å². The Morgan fingerprint density at radius 2 is 2.07 bits per heavy atom. The molecule has 0 unspecified atom stereocenters. The first-order valence-electron chi connectivity index (χ1n) is 3.67. The number of carbonyl (C=O) groups excluding carboxylic acids is 1. The van der Waals surface area contributed by atoms with E-state index in [1.54, 1.807) is 22.6 Å². The minimum Gasteiger partial charge on any atom is -0.464 e. The van der Waals surface area contributed by atoms with Crippen LogP contribution in [0.3, 0.4) is 0 Å². The Morgan fingerprint density at radius 1 is 1.47 bits per heavy atom. The number of rotatable bonds is 1. The number of hydrogen-bond acceptors (Lipinski definition) is 3. The summed E-state index contributed by atoms with van der Waals surface area (Å²) in [5.41, 5.74) is -1.26. The summed E-state index contributed by atoms with van der Waals surface area (Å²) in [6.07, 6.45) is -4.49. The molecule has 3 nitrogen and oxygen atoms in total. The third-order valence-corrected chi connectivity index (χ3v) is 2.07. The Labute approximate surface area is 96.8 Å². The lowest BCUT2D eigenvalue weighted by molar-refractivity contribution is -0.137. The quantitative estimate of drug-likeness (QED) is 0.451. The second-order valence-corrected chi connectivity index (χ2v) is 3.66. The number of ether oxygens (including phenoxy) is 1. The molecule has 0 spiro atoms. The average Bonchev–Trinajstić information content (AvgIpc) is 2.14. The molecule has 15 heavy (non-hydrogen) atoms. The highest BCUT2D eigenvalue weighted by atomic mass is 127. The smallest absolute Gasteiger partial charge is 0.416 e. The summed E-state index contributed by atoms with van der Waals surface area (Å²) in [6, 6.07) is 1.51. The predicted octanol–water partition coefficient (Wildman–Crippen LogP) is 2.49. The van der Waals surface area contributed by atoms with Crippen LogP contribution in [-0.2, 0) is 10.9 Å². The Balaban J connectivity index is 3.23. The molecule has 1 heterocycles. The van der Waals surface area contributed by atoms with Crippen LogP contribution in [0.2, 0.25) is 0 Å². The molecule has 1 aromatic rings. The molecule has 0 bridgehead atoms. The summed E-state index contributed by atoms with van der Waals surface area (Å²) in [4.78, 5) is 14.6. The standard InChI is InChI=1S/C8H5F3INO2/c1-15-7(14)5-2-4(8(9,10)11)3-6(12)13-5/h2-3H,1H3. The van der Waals surface area contributed by atoms with Crippen LogP contribution in [0.5, 0.6) is 0 Å². The molecule has 0 atom stereocenters. The largest absolute Gasteiger partial charge is 0.464 e. The highest BCUT2D eigenvalue weighted by Crippen LogP contribution is 2.30. The van der Waals surface area contributed by atoms with Crippen LogP contribution in [-0.4, -0.2) is 18.1 Å². The molecule has 0 amide bonds. The van der Waals surface area contributed by atoms with Crippen LogP contribution in [0.4, 0.5) is 13.2 Å². The van der Waals surface area contributed by atoms with Gasteiger partial charge in [0.05, 0.1) is 12.7 Å². The maximum Gasteiger partial charge on any atom is 0.416 e. The molecule has 7 heteroatoms. The van der Waals surface area contributed by atoms with E-state index < -0.39 is 17.7 Å². The highest BCUT2D eigenvalue weighted by Gasteiger charge is 2.32. The number of nitrogens with zero attached hydrogens (tertiary/aromatic N) is 1. The topological polar surface area (TPSA) is 39.2 Å². The first-order valence-corrected chi connectivity index (χ1v) is 4.75. The fraction of sp³-hybridized carbons (Fsp3) is 0.250. The van der Waals surface area contributed by atoms with Gasteiger partial charge in [0, 0.05) is 0 Å². The number of aromatic nitrogens is 1. The number of alkyl halides is 3. The minimum absolute atomic E-state index is 0.0859. The van der Waals surface area contributed by atoms with Crippen molar-refractivity contribution in [1.29, 1.82) is 0 Å². The average molecular weight is 331 g/mol. The molecular weight excluding hydrogens is 326 g/mol. The number of halogens is 4. The molecular formula is C8H5F3INO2. The molecule has 0 fully saturated rings. The second kappa shape index (κ2) is 4.33. The Hall–Kier alpha value is -0.860. The summed E-state index contributed by atoms with van der Waals surface area (Å²) in [7, 11) is 1.08. The van der Waals surface area contributed by atoms with E-state index in [0.29, 0.717) is 6.07 Å². The molecule has 0 aromatic carbocycles. The molecule has 0 saturated heterocycles. The molecule has 82 valence electrons. The van der Waals surface area contributed by atoms with Gasteiger partial charge in [-0.2, -0.15) is 13.2 Å². The molecule has 1 aromatic heterocycles. The highest BCUT2D eigenvalue weighted by molar-refractivity contribution is 14.1. The summed E-state index contributed by atoms with van der Waals surface area (Å²) in [5.74, 6) is -0.890. The summed E-state index contributed by atoms with van der Waals surface area (Å²) >= 11 is 1.60. The van der Waals surface area contributed by atoms with E-state index in [0.717, 1.165) is 13.2 Å². The van der Waals surface area contributed by atoms with Crippen LogP contribution in [0.25, 0.3) is 0 Å². The maximum absolute atomic E-state index is 12.3. The zero-order valence-electron chi connectivity index (χ0n) is 7.43. The van der Waals surface area contributed by atoms with Gasteiger partial charge in [0.2, 0.25) is 0 Å². The van der Waals surface area contributed by atoms with Crippen molar-refractivity contribution in [2.75, 3.05) is 7.11 Å². The van der Waals surface area contributed by atoms with Gasteiger partial charge in [0.15, 0.2) is 0 Å². The van der Waals surface area contributed by atoms with E-state index >= 15 is 0 Å². The van der Waals surface area contributed by atoms with Crippen molar-refractivity contribution in [2.24, 2.45) is 0 Å². The van der Waals surface area contributed by atoms with Crippen LogP contribution in [0.1, 0.15) is 16.1 Å². The van der Waals surface area contributed by atoms with Gasteiger partial charge >= 0.3 is 12.1 Å². The van der Waals surface area contributed by atoms with Crippen LogP contribution < -0.4 is 0 Å². The summed E-state index contributed by atoms with van der Waals surface area (Å²) < 4.78 is 41.4. The molecule has 0 aliphatic rings.